The van der Waals surface area contributed by atoms with E-state index in [1.807, 2.05) is 20.0 Å². The van der Waals surface area contributed by atoms with Crippen LogP contribution in [-0.4, -0.2) is 77.6 Å². The van der Waals surface area contributed by atoms with Gasteiger partial charge in [-0.25, -0.2) is 9.59 Å². The number of ether oxygens (including phenoxy) is 2. The lowest BCUT2D eigenvalue weighted by atomic mass is 10.8. The highest BCUT2D eigenvalue weighted by molar-refractivity contribution is 6.64. The maximum atomic E-state index is 10.7. The van der Waals surface area contributed by atoms with Crippen LogP contribution in [0.15, 0.2) is 0 Å². The highest BCUT2D eigenvalue weighted by Crippen LogP contribution is 2.07. The van der Waals surface area contributed by atoms with Crippen molar-refractivity contribution in [3.8, 4) is 0 Å². The number of rotatable bonds is 10. The lowest BCUT2D eigenvalue weighted by molar-refractivity contribution is -0.144. The number of hydrogen-bond acceptors (Lipinski definition) is 9. The van der Waals surface area contributed by atoms with Gasteiger partial charge in [0.25, 0.3) is 0 Å². The van der Waals surface area contributed by atoms with Crippen LogP contribution in [-0.2, 0) is 41.2 Å². The molecule has 0 aromatic heterocycles. The number of carbonyl (C=O) groups excluding carboxylic acids is 2. The van der Waals surface area contributed by atoms with Crippen LogP contribution in [0.3, 0.4) is 0 Å². The molecule has 0 aromatic rings. The third kappa shape index (κ3) is 13.6. The van der Waals surface area contributed by atoms with E-state index in [0.29, 0.717) is 6.61 Å². The Morgan fingerprint density at radius 1 is 0.750 bits per heavy atom. The van der Waals surface area contributed by atoms with E-state index in [1.165, 1.54) is 21.3 Å². The SMILES string of the molecule is CCO[Si](C)(OC)OCC(=O)OC.COC(=O)CO[Si](C)(C)OC. The molecule has 0 N–H and O–H groups in total. The van der Waals surface area contributed by atoms with Gasteiger partial charge in [-0.15, -0.1) is 0 Å². The van der Waals surface area contributed by atoms with Crippen molar-refractivity contribution in [2.45, 2.75) is 26.6 Å². The van der Waals surface area contributed by atoms with Crippen molar-refractivity contribution in [3.63, 3.8) is 0 Å². The van der Waals surface area contributed by atoms with Gasteiger partial charge in [-0.2, -0.15) is 0 Å². The largest absolute Gasteiger partial charge is 0.497 e. The first-order chi connectivity index (χ1) is 11.1. The molecule has 11 heteroatoms. The molecule has 0 bridgehead atoms. The van der Waals surface area contributed by atoms with E-state index in [0.717, 1.165) is 0 Å². The first kappa shape index (κ1) is 25.4. The van der Waals surface area contributed by atoms with Crippen LogP contribution in [0.4, 0.5) is 0 Å². The zero-order valence-electron chi connectivity index (χ0n) is 15.8. The Labute approximate surface area is 146 Å². The molecule has 144 valence electrons. The fourth-order valence-electron chi connectivity index (χ4n) is 1.02. The summed E-state index contributed by atoms with van der Waals surface area (Å²) >= 11 is 0. The van der Waals surface area contributed by atoms with Gasteiger partial charge in [0.2, 0.25) is 0 Å². The van der Waals surface area contributed by atoms with Crippen molar-refractivity contribution < 1.29 is 41.2 Å². The van der Waals surface area contributed by atoms with Gasteiger partial charge < -0.3 is 31.6 Å². The minimum Gasteiger partial charge on any atom is -0.467 e. The predicted molar refractivity (Wildman–Crippen MR) is 90.7 cm³/mol. The van der Waals surface area contributed by atoms with Crippen LogP contribution < -0.4 is 0 Å². The summed E-state index contributed by atoms with van der Waals surface area (Å²) in [6.45, 7) is 7.62. The van der Waals surface area contributed by atoms with Crippen molar-refractivity contribution in [1.29, 1.82) is 0 Å². The van der Waals surface area contributed by atoms with Crippen molar-refractivity contribution in [2.24, 2.45) is 0 Å². The van der Waals surface area contributed by atoms with Crippen molar-refractivity contribution >= 4 is 29.3 Å². The molecule has 0 rings (SSSR count). The number of carbonyl (C=O) groups is 2. The minimum atomic E-state index is -2.60. The summed E-state index contributed by atoms with van der Waals surface area (Å²) in [4.78, 5) is 21.3. The summed E-state index contributed by atoms with van der Waals surface area (Å²) in [7, 11) is 1.04. The zero-order valence-corrected chi connectivity index (χ0v) is 17.8. The molecule has 1 atom stereocenters. The van der Waals surface area contributed by atoms with Crippen LogP contribution in [0.1, 0.15) is 6.92 Å². The Kier molecular flexibility index (Phi) is 14.3. The second kappa shape index (κ2) is 13.5. The van der Waals surface area contributed by atoms with Crippen LogP contribution in [0, 0.1) is 0 Å². The maximum absolute atomic E-state index is 10.7. The van der Waals surface area contributed by atoms with Gasteiger partial charge in [0, 0.05) is 27.4 Å². The average Bonchev–Trinajstić information content (AvgIpc) is 2.58. The molecule has 0 saturated heterocycles. The van der Waals surface area contributed by atoms with Gasteiger partial charge in [0.15, 0.2) is 0 Å². The third-order valence-corrected chi connectivity index (χ3v) is 6.76. The molecule has 1 unspecified atom stereocenters. The van der Waals surface area contributed by atoms with Crippen molar-refractivity contribution in [1.82, 2.24) is 0 Å². The molecule has 0 aliphatic heterocycles. The quantitative estimate of drug-likeness (QED) is 0.401. The van der Waals surface area contributed by atoms with E-state index in [4.69, 9.17) is 22.1 Å². The summed E-state index contributed by atoms with van der Waals surface area (Å²) < 4.78 is 34.5. The number of esters is 2. The molecule has 0 radical (unpaired) electrons. The Balaban J connectivity index is 0. The second-order valence-corrected chi connectivity index (χ2v) is 11.0. The van der Waals surface area contributed by atoms with Crippen LogP contribution in [0.5, 0.6) is 0 Å². The Morgan fingerprint density at radius 3 is 1.54 bits per heavy atom. The second-order valence-electron chi connectivity index (χ2n) is 4.83. The van der Waals surface area contributed by atoms with Gasteiger partial charge in [0.05, 0.1) is 14.2 Å². The van der Waals surface area contributed by atoms with Gasteiger partial charge >= 0.3 is 29.3 Å². The van der Waals surface area contributed by atoms with Gasteiger partial charge in [-0.3, -0.25) is 0 Å². The molecule has 9 nitrogen and oxygen atoms in total. The monoisotopic (exact) mass is 386 g/mol. The molecule has 0 amide bonds. The Morgan fingerprint density at radius 2 is 1.21 bits per heavy atom. The molecule has 0 fully saturated rings. The van der Waals surface area contributed by atoms with E-state index >= 15 is 0 Å². The molecule has 0 heterocycles. The lowest BCUT2D eigenvalue weighted by Gasteiger charge is -2.22. The third-order valence-electron chi connectivity index (χ3n) is 2.71. The van der Waals surface area contributed by atoms with Crippen molar-refractivity contribution in [3.05, 3.63) is 0 Å². The summed E-state index contributed by atoms with van der Waals surface area (Å²) in [5.74, 6) is -0.807. The molecule has 0 aliphatic carbocycles. The zero-order chi connectivity index (χ0) is 19.2. The predicted octanol–water partition coefficient (Wildman–Crippen LogP) is 0.952. The smallest absolute Gasteiger partial charge is 0.467 e. The first-order valence-corrected chi connectivity index (χ1v) is 12.3. The van der Waals surface area contributed by atoms with Gasteiger partial charge in [-0.1, -0.05) is 0 Å². The molecule has 0 aliphatic rings. The number of hydrogen-bond donors (Lipinski definition) is 0. The summed E-state index contributed by atoms with van der Waals surface area (Å²) in [6, 6.07) is 0. The summed E-state index contributed by atoms with van der Waals surface area (Å²) in [5.41, 5.74) is 0. The van der Waals surface area contributed by atoms with Crippen molar-refractivity contribution in [2.75, 3.05) is 48.3 Å². The molecule has 0 spiro atoms. The van der Waals surface area contributed by atoms with E-state index in [9.17, 15) is 9.59 Å². The summed E-state index contributed by atoms with van der Waals surface area (Å²) in [6.07, 6.45) is 0. The highest BCUT2D eigenvalue weighted by atomic mass is 28.4. The summed E-state index contributed by atoms with van der Waals surface area (Å²) in [5, 5.41) is 0. The van der Waals surface area contributed by atoms with E-state index < -0.39 is 23.3 Å². The topological polar surface area (TPSA) is 98.8 Å². The number of methoxy groups -OCH3 is 2. The molecule has 0 aromatic carbocycles. The maximum Gasteiger partial charge on any atom is 0.497 e. The lowest BCUT2D eigenvalue weighted by Crippen LogP contribution is -2.42. The molecule has 24 heavy (non-hydrogen) atoms. The molecular weight excluding hydrogens is 356 g/mol. The van der Waals surface area contributed by atoms with Crippen LogP contribution in [0.2, 0.25) is 19.6 Å². The van der Waals surface area contributed by atoms with Gasteiger partial charge in [0.1, 0.15) is 13.2 Å². The van der Waals surface area contributed by atoms with E-state index in [1.54, 1.807) is 13.7 Å². The van der Waals surface area contributed by atoms with Gasteiger partial charge in [-0.05, 0) is 20.0 Å². The standard InChI is InChI=1S/C7H16O5Si.C6H14O4Si/c1-5-11-13(4,10-3)12-6-7(8)9-2;1-8-6(7)5-10-11(3,4)9-2/h5-6H2,1-4H3;5H2,1-4H3. The normalized spacial score (nSPS) is 13.3. The molecular formula is C13H30O9Si2. The highest BCUT2D eigenvalue weighted by Gasteiger charge is 2.33. The minimum absolute atomic E-state index is 0.0242. The first-order valence-electron chi connectivity index (χ1n) is 7.25. The van der Waals surface area contributed by atoms with Crippen LogP contribution in [0.25, 0.3) is 0 Å². The van der Waals surface area contributed by atoms with Crippen LogP contribution >= 0.6 is 0 Å². The van der Waals surface area contributed by atoms with E-state index in [2.05, 4.69) is 9.47 Å². The Hall–Kier alpha value is -0.826. The molecule has 0 saturated carbocycles. The average molecular weight is 387 g/mol. The fourth-order valence-corrected chi connectivity index (χ4v) is 2.83. The van der Waals surface area contributed by atoms with E-state index in [-0.39, 0.29) is 19.2 Å². The Bertz CT molecular complexity index is 365. The fraction of sp³-hybridized carbons (Fsp3) is 0.846.